The molecule has 5 heteroatoms. The number of anilines is 1. The number of aryl methyl sites for hydroxylation is 1. The molecular formula is C13H16N4O. The summed E-state index contributed by atoms with van der Waals surface area (Å²) in [5.41, 5.74) is 7.99. The Morgan fingerprint density at radius 1 is 1.44 bits per heavy atom. The number of aromatic nitrogens is 2. The van der Waals surface area contributed by atoms with Gasteiger partial charge in [-0.2, -0.15) is 0 Å². The summed E-state index contributed by atoms with van der Waals surface area (Å²) < 4.78 is 1.70. The van der Waals surface area contributed by atoms with E-state index in [0.717, 1.165) is 11.3 Å². The highest BCUT2D eigenvalue weighted by molar-refractivity contribution is 6.04. The SMILES string of the molecule is CN(C(=O)c1cncn1C)c1ccccc1CN. The average molecular weight is 244 g/mol. The molecule has 0 saturated heterocycles. The fourth-order valence-electron chi connectivity index (χ4n) is 1.86. The average Bonchev–Trinajstić information content (AvgIpc) is 2.83. The monoisotopic (exact) mass is 244 g/mol. The van der Waals surface area contributed by atoms with Crippen LogP contribution in [0.1, 0.15) is 16.1 Å². The normalized spacial score (nSPS) is 10.4. The summed E-state index contributed by atoms with van der Waals surface area (Å²) in [5.74, 6) is -0.101. The Morgan fingerprint density at radius 2 is 2.17 bits per heavy atom. The van der Waals surface area contributed by atoms with Crippen molar-refractivity contribution in [3.05, 3.63) is 48.0 Å². The zero-order chi connectivity index (χ0) is 13.1. The van der Waals surface area contributed by atoms with Crippen LogP contribution < -0.4 is 10.6 Å². The van der Waals surface area contributed by atoms with E-state index in [1.54, 1.807) is 36.1 Å². The minimum Gasteiger partial charge on any atom is -0.330 e. The third-order valence-electron chi connectivity index (χ3n) is 2.91. The van der Waals surface area contributed by atoms with Crippen LogP contribution in [-0.4, -0.2) is 22.5 Å². The highest BCUT2D eigenvalue weighted by atomic mass is 16.2. The molecule has 94 valence electrons. The van der Waals surface area contributed by atoms with Crippen LogP contribution in [0.5, 0.6) is 0 Å². The molecule has 0 aliphatic carbocycles. The maximum Gasteiger partial charge on any atom is 0.276 e. The zero-order valence-electron chi connectivity index (χ0n) is 10.5. The van der Waals surface area contributed by atoms with Gasteiger partial charge in [0.15, 0.2) is 0 Å². The Labute approximate surface area is 106 Å². The van der Waals surface area contributed by atoms with Gasteiger partial charge in [-0.05, 0) is 11.6 Å². The van der Waals surface area contributed by atoms with Crippen molar-refractivity contribution in [2.75, 3.05) is 11.9 Å². The van der Waals surface area contributed by atoms with Gasteiger partial charge in [-0.15, -0.1) is 0 Å². The van der Waals surface area contributed by atoms with Crippen molar-refractivity contribution in [2.45, 2.75) is 6.54 Å². The van der Waals surface area contributed by atoms with E-state index >= 15 is 0 Å². The lowest BCUT2D eigenvalue weighted by Crippen LogP contribution is -2.29. The topological polar surface area (TPSA) is 64.2 Å². The van der Waals surface area contributed by atoms with Crippen molar-refractivity contribution in [1.82, 2.24) is 9.55 Å². The van der Waals surface area contributed by atoms with Crippen LogP contribution in [-0.2, 0) is 13.6 Å². The summed E-state index contributed by atoms with van der Waals surface area (Å²) >= 11 is 0. The second-order valence-electron chi connectivity index (χ2n) is 4.09. The van der Waals surface area contributed by atoms with E-state index in [0.29, 0.717) is 12.2 Å². The van der Waals surface area contributed by atoms with Crippen LogP contribution >= 0.6 is 0 Å². The molecule has 5 nitrogen and oxygen atoms in total. The fourth-order valence-corrected chi connectivity index (χ4v) is 1.86. The molecule has 0 spiro atoms. The predicted molar refractivity (Wildman–Crippen MR) is 70.3 cm³/mol. The molecule has 2 aromatic rings. The van der Waals surface area contributed by atoms with Gasteiger partial charge in [0.2, 0.25) is 0 Å². The molecule has 18 heavy (non-hydrogen) atoms. The summed E-state index contributed by atoms with van der Waals surface area (Å²) in [6.45, 7) is 0.402. The number of para-hydroxylation sites is 1. The van der Waals surface area contributed by atoms with Crippen molar-refractivity contribution in [3.8, 4) is 0 Å². The number of carbonyl (C=O) groups is 1. The maximum atomic E-state index is 12.3. The van der Waals surface area contributed by atoms with Gasteiger partial charge < -0.3 is 15.2 Å². The lowest BCUT2D eigenvalue weighted by Gasteiger charge is -2.20. The molecule has 1 aromatic heterocycles. The predicted octanol–water partition coefficient (Wildman–Crippen LogP) is 1.16. The maximum absolute atomic E-state index is 12.3. The molecule has 2 N–H and O–H groups in total. The smallest absolute Gasteiger partial charge is 0.276 e. The molecular weight excluding hydrogens is 228 g/mol. The number of benzene rings is 1. The summed E-state index contributed by atoms with van der Waals surface area (Å²) in [6, 6.07) is 7.61. The van der Waals surface area contributed by atoms with E-state index in [-0.39, 0.29) is 5.91 Å². The van der Waals surface area contributed by atoms with Crippen LogP contribution in [0.2, 0.25) is 0 Å². The number of nitrogens with two attached hydrogens (primary N) is 1. The molecule has 0 aliphatic rings. The third kappa shape index (κ3) is 2.12. The fraction of sp³-hybridized carbons (Fsp3) is 0.231. The molecule has 1 aromatic carbocycles. The Hall–Kier alpha value is -2.14. The van der Waals surface area contributed by atoms with E-state index in [9.17, 15) is 4.79 Å². The third-order valence-corrected chi connectivity index (χ3v) is 2.91. The number of imidazole rings is 1. The zero-order valence-corrected chi connectivity index (χ0v) is 10.5. The summed E-state index contributed by atoms with van der Waals surface area (Å²) in [5, 5.41) is 0. The molecule has 1 heterocycles. The second-order valence-corrected chi connectivity index (χ2v) is 4.09. The minimum absolute atomic E-state index is 0.101. The van der Waals surface area contributed by atoms with Crippen molar-refractivity contribution < 1.29 is 4.79 Å². The van der Waals surface area contributed by atoms with E-state index < -0.39 is 0 Å². The van der Waals surface area contributed by atoms with Crippen LogP contribution in [0.25, 0.3) is 0 Å². The second kappa shape index (κ2) is 5.01. The molecule has 0 radical (unpaired) electrons. The van der Waals surface area contributed by atoms with Gasteiger partial charge in [0, 0.05) is 26.3 Å². The number of rotatable bonds is 3. The van der Waals surface area contributed by atoms with Crippen molar-refractivity contribution in [3.63, 3.8) is 0 Å². The molecule has 0 unspecified atom stereocenters. The van der Waals surface area contributed by atoms with Crippen molar-refractivity contribution >= 4 is 11.6 Å². The van der Waals surface area contributed by atoms with Crippen LogP contribution in [0.15, 0.2) is 36.8 Å². The van der Waals surface area contributed by atoms with Gasteiger partial charge in [0.1, 0.15) is 5.69 Å². The Kier molecular flexibility index (Phi) is 3.43. The first-order chi connectivity index (χ1) is 8.65. The van der Waals surface area contributed by atoms with Crippen molar-refractivity contribution in [1.29, 1.82) is 0 Å². The van der Waals surface area contributed by atoms with E-state index in [1.165, 1.54) is 0 Å². The highest BCUT2D eigenvalue weighted by Gasteiger charge is 2.18. The van der Waals surface area contributed by atoms with Crippen LogP contribution in [0.3, 0.4) is 0 Å². The lowest BCUT2D eigenvalue weighted by molar-refractivity contribution is 0.0985. The molecule has 0 aliphatic heterocycles. The lowest BCUT2D eigenvalue weighted by atomic mass is 10.1. The largest absolute Gasteiger partial charge is 0.330 e. The first kappa shape index (κ1) is 12.3. The molecule has 0 saturated carbocycles. The molecule has 0 bridgehead atoms. The van der Waals surface area contributed by atoms with Gasteiger partial charge in [0.25, 0.3) is 5.91 Å². The number of hydrogen-bond donors (Lipinski definition) is 1. The van der Waals surface area contributed by atoms with Crippen molar-refractivity contribution in [2.24, 2.45) is 12.8 Å². The quantitative estimate of drug-likeness (QED) is 0.881. The standard InChI is InChI=1S/C13H16N4O/c1-16-9-15-8-12(16)13(18)17(2)11-6-4-3-5-10(11)7-14/h3-6,8-9H,7,14H2,1-2H3. The summed E-state index contributed by atoms with van der Waals surface area (Å²) in [7, 11) is 3.53. The van der Waals surface area contributed by atoms with Gasteiger partial charge in [-0.25, -0.2) is 4.98 Å². The van der Waals surface area contributed by atoms with Gasteiger partial charge in [-0.3, -0.25) is 4.79 Å². The van der Waals surface area contributed by atoms with Gasteiger partial charge in [-0.1, -0.05) is 18.2 Å². The molecule has 1 amide bonds. The highest BCUT2D eigenvalue weighted by Crippen LogP contribution is 2.20. The molecule has 0 atom stereocenters. The van der Waals surface area contributed by atoms with E-state index in [1.807, 2.05) is 24.3 Å². The Morgan fingerprint density at radius 3 is 2.78 bits per heavy atom. The minimum atomic E-state index is -0.101. The van der Waals surface area contributed by atoms with Gasteiger partial charge >= 0.3 is 0 Å². The van der Waals surface area contributed by atoms with Gasteiger partial charge in [0.05, 0.1) is 12.5 Å². The summed E-state index contributed by atoms with van der Waals surface area (Å²) in [4.78, 5) is 17.9. The van der Waals surface area contributed by atoms with E-state index in [4.69, 9.17) is 5.73 Å². The molecule has 2 rings (SSSR count). The Balaban J connectivity index is 2.34. The number of hydrogen-bond acceptors (Lipinski definition) is 3. The first-order valence-electron chi connectivity index (χ1n) is 5.67. The van der Waals surface area contributed by atoms with E-state index in [2.05, 4.69) is 4.98 Å². The molecule has 0 fully saturated rings. The number of amides is 1. The summed E-state index contributed by atoms with van der Waals surface area (Å²) in [6.07, 6.45) is 3.17. The Bertz CT molecular complexity index is 562. The first-order valence-corrected chi connectivity index (χ1v) is 5.67. The number of carbonyl (C=O) groups excluding carboxylic acids is 1. The number of nitrogens with zero attached hydrogens (tertiary/aromatic N) is 3. The van der Waals surface area contributed by atoms with Crippen LogP contribution in [0.4, 0.5) is 5.69 Å². The van der Waals surface area contributed by atoms with Crippen LogP contribution in [0, 0.1) is 0 Å².